The third-order valence-electron chi connectivity index (χ3n) is 3.84. The molecular formula is C19H21NO5S. The molecule has 1 amide bonds. The zero-order valence-corrected chi connectivity index (χ0v) is 15.3. The monoisotopic (exact) mass is 375 g/mol. The number of carboxylic acids is 1. The standard InChI is InChI=1S/C19H21NO5S/c1-2-13-26(24,25)17-6-4-3-5-16(17)18(21)20-12-11-14-7-9-15(10-8-14)19(22)23/h3-10H,2,11-13H2,1H3,(H,20,21)(H,22,23). The Kier molecular flexibility index (Phi) is 6.52. The molecule has 0 saturated carbocycles. The van der Waals surface area contributed by atoms with Gasteiger partial charge in [0.2, 0.25) is 0 Å². The van der Waals surface area contributed by atoms with Crippen LogP contribution in [0.1, 0.15) is 39.6 Å². The predicted octanol–water partition coefficient (Wildman–Crippen LogP) is 2.54. The van der Waals surface area contributed by atoms with E-state index in [9.17, 15) is 18.0 Å². The second-order valence-corrected chi connectivity index (χ2v) is 7.90. The molecule has 0 radical (unpaired) electrons. The number of aromatic carboxylic acids is 1. The van der Waals surface area contributed by atoms with Gasteiger partial charge in [-0.2, -0.15) is 0 Å². The first-order valence-electron chi connectivity index (χ1n) is 8.27. The lowest BCUT2D eigenvalue weighted by molar-refractivity contribution is 0.0696. The smallest absolute Gasteiger partial charge is 0.335 e. The molecule has 7 heteroatoms. The minimum Gasteiger partial charge on any atom is -0.478 e. The summed E-state index contributed by atoms with van der Waals surface area (Å²) in [6.07, 6.45) is 0.986. The largest absolute Gasteiger partial charge is 0.478 e. The van der Waals surface area contributed by atoms with Crippen molar-refractivity contribution in [2.75, 3.05) is 12.3 Å². The van der Waals surface area contributed by atoms with Crippen LogP contribution in [0.25, 0.3) is 0 Å². The van der Waals surface area contributed by atoms with Gasteiger partial charge in [0.05, 0.1) is 21.8 Å². The van der Waals surface area contributed by atoms with E-state index in [4.69, 9.17) is 5.11 Å². The summed E-state index contributed by atoms with van der Waals surface area (Å²) < 4.78 is 24.6. The topological polar surface area (TPSA) is 101 Å². The first-order chi connectivity index (χ1) is 12.3. The van der Waals surface area contributed by atoms with E-state index >= 15 is 0 Å². The fourth-order valence-electron chi connectivity index (χ4n) is 2.53. The highest BCUT2D eigenvalue weighted by atomic mass is 32.2. The van der Waals surface area contributed by atoms with Crippen molar-refractivity contribution in [1.82, 2.24) is 5.32 Å². The van der Waals surface area contributed by atoms with Crippen LogP contribution in [0.4, 0.5) is 0 Å². The van der Waals surface area contributed by atoms with Gasteiger partial charge in [-0.3, -0.25) is 4.79 Å². The number of carbonyl (C=O) groups excluding carboxylic acids is 1. The van der Waals surface area contributed by atoms with Crippen LogP contribution in [-0.2, 0) is 16.3 Å². The average Bonchev–Trinajstić information content (AvgIpc) is 2.62. The molecule has 138 valence electrons. The molecule has 2 N–H and O–H groups in total. The van der Waals surface area contributed by atoms with Crippen LogP contribution in [0.3, 0.4) is 0 Å². The normalized spacial score (nSPS) is 11.1. The number of carboxylic acid groups (broad SMARTS) is 1. The summed E-state index contributed by atoms with van der Waals surface area (Å²) in [5, 5.41) is 11.6. The van der Waals surface area contributed by atoms with Crippen molar-refractivity contribution < 1.29 is 23.1 Å². The molecule has 0 heterocycles. The fraction of sp³-hybridized carbons (Fsp3) is 0.263. The minimum absolute atomic E-state index is 0.00673. The Bertz CT molecular complexity index is 888. The fourth-order valence-corrected chi connectivity index (χ4v) is 4.07. The maximum Gasteiger partial charge on any atom is 0.335 e. The van der Waals surface area contributed by atoms with Gasteiger partial charge in [0.25, 0.3) is 5.91 Å². The number of hydrogen-bond donors (Lipinski definition) is 2. The highest BCUT2D eigenvalue weighted by molar-refractivity contribution is 7.91. The Morgan fingerprint density at radius 3 is 2.31 bits per heavy atom. The van der Waals surface area contributed by atoms with E-state index in [1.54, 1.807) is 31.2 Å². The van der Waals surface area contributed by atoms with Gasteiger partial charge < -0.3 is 10.4 Å². The van der Waals surface area contributed by atoms with Gasteiger partial charge in [-0.15, -0.1) is 0 Å². The molecule has 0 atom stereocenters. The van der Waals surface area contributed by atoms with Crippen LogP contribution >= 0.6 is 0 Å². The lowest BCUT2D eigenvalue weighted by Gasteiger charge is -2.10. The van der Waals surface area contributed by atoms with Gasteiger partial charge >= 0.3 is 5.97 Å². The minimum atomic E-state index is -3.49. The molecule has 26 heavy (non-hydrogen) atoms. The van der Waals surface area contributed by atoms with Crippen molar-refractivity contribution in [3.8, 4) is 0 Å². The number of carbonyl (C=O) groups is 2. The lowest BCUT2D eigenvalue weighted by atomic mass is 10.1. The molecule has 0 aliphatic carbocycles. The summed E-state index contributed by atoms with van der Waals surface area (Å²) in [4.78, 5) is 23.3. The van der Waals surface area contributed by atoms with Crippen LogP contribution in [0.15, 0.2) is 53.4 Å². The van der Waals surface area contributed by atoms with Crippen molar-refractivity contribution in [1.29, 1.82) is 0 Å². The lowest BCUT2D eigenvalue weighted by Crippen LogP contribution is -2.27. The van der Waals surface area contributed by atoms with Crippen LogP contribution in [0.5, 0.6) is 0 Å². The van der Waals surface area contributed by atoms with Gasteiger partial charge in [0.15, 0.2) is 9.84 Å². The number of rotatable bonds is 8. The first-order valence-corrected chi connectivity index (χ1v) is 9.92. The Labute approximate surface area is 152 Å². The molecular weight excluding hydrogens is 354 g/mol. The Balaban J connectivity index is 2.03. The Morgan fingerprint density at radius 1 is 1.04 bits per heavy atom. The second kappa shape index (κ2) is 8.62. The summed E-state index contributed by atoms with van der Waals surface area (Å²) in [5.41, 5.74) is 1.22. The van der Waals surface area contributed by atoms with E-state index < -0.39 is 21.7 Å². The molecule has 0 unspecified atom stereocenters. The van der Waals surface area contributed by atoms with Crippen LogP contribution < -0.4 is 5.32 Å². The van der Waals surface area contributed by atoms with Crippen molar-refractivity contribution in [2.24, 2.45) is 0 Å². The van der Waals surface area contributed by atoms with Gasteiger partial charge in [-0.25, -0.2) is 13.2 Å². The van der Waals surface area contributed by atoms with Crippen molar-refractivity contribution in [3.05, 3.63) is 65.2 Å². The molecule has 2 aromatic carbocycles. The van der Waals surface area contributed by atoms with Gasteiger partial charge in [0, 0.05) is 6.54 Å². The van der Waals surface area contributed by atoms with Crippen LogP contribution in [0, 0.1) is 0 Å². The maximum atomic E-state index is 12.4. The van der Waals surface area contributed by atoms with Gasteiger partial charge in [0.1, 0.15) is 0 Å². The summed E-state index contributed by atoms with van der Waals surface area (Å²) in [7, 11) is -3.49. The molecule has 0 aliphatic rings. The summed E-state index contributed by atoms with van der Waals surface area (Å²) >= 11 is 0. The number of amides is 1. The van der Waals surface area contributed by atoms with Crippen molar-refractivity contribution in [3.63, 3.8) is 0 Å². The molecule has 0 fully saturated rings. The van der Waals surface area contributed by atoms with E-state index in [2.05, 4.69) is 5.32 Å². The molecule has 6 nitrogen and oxygen atoms in total. The highest BCUT2D eigenvalue weighted by Crippen LogP contribution is 2.17. The number of hydrogen-bond acceptors (Lipinski definition) is 4. The SMILES string of the molecule is CCCS(=O)(=O)c1ccccc1C(=O)NCCc1ccc(C(=O)O)cc1. The molecule has 0 spiro atoms. The summed E-state index contributed by atoms with van der Waals surface area (Å²) in [6, 6.07) is 12.6. The zero-order valence-electron chi connectivity index (χ0n) is 14.4. The third kappa shape index (κ3) is 4.92. The first kappa shape index (κ1) is 19.7. The third-order valence-corrected chi connectivity index (χ3v) is 5.81. The summed E-state index contributed by atoms with van der Waals surface area (Å²) in [5.74, 6) is -1.44. The molecule has 2 rings (SSSR count). The molecule has 0 bridgehead atoms. The molecule has 0 aromatic heterocycles. The van der Waals surface area contributed by atoms with Crippen molar-refractivity contribution >= 4 is 21.7 Å². The average molecular weight is 375 g/mol. The van der Waals surface area contributed by atoms with E-state index in [1.165, 1.54) is 24.3 Å². The quantitative estimate of drug-likeness (QED) is 0.738. The second-order valence-electron chi connectivity index (χ2n) is 5.82. The van der Waals surface area contributed by atoms with E-state index in [-0.39, 0.29) is 21.8 Å². The van der Waals surface area contributed by atoms with E-state index in [0.29, 0.717) is 19.4 Å². The van der Waals surface area contributed by atoms with Crippen molar-refractivity contribution in [2.45, 2.75) is 24.7 Å². The molecule has 0 aliphatic heterocycles. The molecule has 0 saturated heterocycles. The number of benzene rings is 2. The van der Waals surface area contributed by atoms with Gasteiger partial charge in [-0.1, -0.05) is 31.2 Å². The Morgan fingerprint density at radius 2 is 1.69 bits per heavy atom. The number of nitrogens with one attached hydrogen (secondary N) is 1. The highest BCUT2D eigenvalue weighted by Gasteiger charge is 2.21. The van der Waals surface area contributed by atoms with E-state index in [0.717, 1.165) is 5.56 Å². The molecule has 2 aromatic rings. The zero-order chi connectivity index (χ0) is 19.2. The maximum absolute atomic E-state index is 12.4. The van der Waals surface area contributed by atoms with Gasteiger partial charge in [-0.05, 0) is 42.7 Å². The predicted molar refractivity (Wildman–Crippen MR) is 98.2 cm³/mol. The van der Waals surface area contributed by atoms with E-state index in [1.807, 2.05) is 0 Å². The summed E-state index contributed by atoms with van der Waals surface area (Å²) in [6.45, 7) is 2.09. The van der Waals surface area contributed by atoms with Crippen LogP contribution in [0.2, 0.25) is 0 Å². The number of sulfone groups is 1. The Hall–Kier alpha value is -2.67. The van der Waals surface area contributed by atoms with Crippen LogP contribution in [-0.4, -0.2) is 37.7 Å².